The molecule has 0 aliphatic heterocycles. The topological polar surface area (TPSA) is 79.4 Å². The first-order valence-corrected chi connectivity index (χ1v) is 7.26. The van der Waals surface area contributed by atoms with Gasteiger partial charge < -0.3 is 5.32 Å². The molecule has 20 heavy (non-hydrogen) atoms. The zero-order valence-electron chi connectivity index (χ0n) is 11.5. The summed E-state index contributed by atoms with van der Waals surface area (Å²) in [5.41, 5.74) is 3.00. The van der Waals surface area contributed by atoms with Crippen molar-refractivity contribution in [2.45, 2.75) is 24.4 Å². The van der Waals surface area contributed by atoms with Crippen LogP contribution in [-0.2, 0) is 12.3 Å². The molecule has 0 atom stereocenters. The number of hydrogen-bond donors (Lipinski definition) is 1. The van der Waals surface area contributed by atoms with Gasteiger partial charge in [-0.2, -0.15) is 5.26 Å². The summed E-state index contributed by atoms with van der Waals surface area (Å²) >= 11 is 1.60. The van der Waals surface area contributed by atoms with Crippen LogP contribution in [0.4, 0.5) is 0 Å². The van der Waals surface area contributed by atoms with E-state index in [-0.39, 0.29) is 0 Å². The molecule has 7 heteroatoms. The van der Waals surface area contributed by atoms with Gasteiger partial charge in [-0.1, -0.05) is 17.8 Å². The molecule has 0 aliphatic carbocycles. The van der Waals surface area contributed by atoms with Crippen molar-refractivity contribution in [1.29, 1.82) is 5.26 Å². The van der Waals surface area contributed by atoms with Crippen molar-refractivity contribution in [2.24, 2.45) is 0 Å². The molecule has 2 rings (SSSR count). The minimum absolute atomic E-state index is 0.690. The molecule has 1 N–H and O–H groups in total. The van der Waals surface area contributed by atoms with Crippen molar-refractivity contribution in [3.8, 4) is 6.07 Å². The lowest BCUT2D eigenvalue weighted by Crippen LogP contribution is -2.16. The van der Waals surface area contributed by atoms with Gasteiger partial charge in [0.25, 0.3) is 0 Å². The van der Waals surface area contributed by atoms with E-state index in [0.717, 1.165) is 29.6 Å². The number of likely N-dealkylation sites (N-methyl/N-ethyl adjacent to an activating group) is 1. The Balaban J connectivity index is 2.02. The minimum atomic E-state index is 0.690. The lowest BCUT2D eigenvalue weighted by Gasteiger charge is -2.06. The lowest BCUT2D eigenvalue weighted by atomic mass is 10.1. The molecule has 0 saturated heterocycles. The van der Waals surface area contributed by atoms with Crippen molar-refractivity contribution in [3.63, 3.8) is 0 Å². The van der Waals surface area contributed by atoms with Crippen LogP contribution in [0.1, 0.15) is 16.7 Å². The Morgan fingerprint density at radius 2 is 2.30 bits per heavy atom. The summed E-state index contributed by atoms with van der Waals surface area (Å²) in [5.74, 6) is 0.789. The van der Waals surface area contributed by atoms with Crippen molar-refractivity contribution in [1.82, 2.24) is 25.5 Å². The predicted molar refractivity (Wildman–Crippen MR) is 77.2 cm³/mol. The van der Waals surface area contributed by atoms with Crippen LogP contribution in [0.3, 0.4) is 0 Å². The predicted octanol–water partition coefficient (Wildman–Crippen LogP) is 1.36. The highest BCUT2D eigenvalue weighted by Crippen LogP contribution is 2.22. The molecule has 0 spiro atoms. The smallest absolute Gasteiger partial charge is 0.209 e. The van der Waals surface area contributed by atoms with Crippen molar-refractivity contribution in [2.75, 3.05) is 13.6 Å². The van der Waals surface area contributed by atoms with Crippen LogP contribution >= 0.6 is 11.8 Å². The van der Waals surface area contributed by atoms with Gasteiger partial charge in [0.05, 0.1) is 18.2 Å². The maximum atomic E-state index is 8.86. The van der Waals surface area contributed by atoms with Crippen LogP contribution in [-0.4, -0.2) is 33.8 Å². The van der Waals surface area contributed by atoms with E-state index in [4.69, 9.17) is 5.26 Å². The molecule has 0 bridgehead atoms. The van der Waals surface area contributed by atoms with E-state index in [1.165, 1.54) is 5.56 Å². The van der Waals surface area contributed by atoms with Gasteiger partial charge in [-0.25, -0.2) is 4.68 Å². The third kappa shape index (κ3) is 3.56. The molecule has 0 unspecified atom stereocenters. The van der Waals surface area contributed by atoms with Crippen LogP contribution < -0.4 is 5.32 Å². The highest BCUT2D eigenvalue weighted by molar-refractivity contribution is 7.98. The zero-order chi connectivity index (χ0) is 14.4. The average Bonchev–Trinajstić information content (AvgIpc) is 2.91. The second-order valence-corrected chi connectivity index (χ2v) is 5.27. The van der Waals surface area contributed by atoms with Crippen LogP contribution in [0.5, 0.6) is 0 Å². The summed E-state index contributed by atoms with van der Waals surface area (Å²) < 4.78 is 1.79. The molecule has 104 valence electrons. The highest BCUT2D eigenvalue weighted by atomic mass is 32.2. The van der Waals surface area contributed by atoms with Crippen molar-refractivity contribution >= 4 is 11.8 Å². The van der Waals surface area contributed by atoms with Crippen LogP contribution in [0, 0.1) is 18.3 Å². The van der Waals surface area contributed by atoms with Crippen LogP contribution in [0.2, 0.25) is 0 Å². The molecule has 0 aliphatic rings. The van der Waals surface area contributed by atoms with Crippen molar-refractivity contribution in [3.05, 3.63) is 34.9 Å². The van der Waals surface area contributed by atoms with E-state index in [1.807, 2.05) is 32.2 Å². The first kappa shape index (κ1) is 14.5. The number of nitrogens with zero attached hydrogens (tertiary/aromatic N) is 5. The Kier molecular flexibility index (Phi) is 5.09. The molecular formula is C13H16N6S. The van der Waals surface area contributed by atoms with Crippen molar-refractivity contribution < 1.29 is 0 Å². The van der Waals surface area contributed by atoms with E-state index in [1.54, 1.807) is 16.4 Å². The largest absolute Gasteiger partial charge is 0.318 e. The highest BCUT2D eigenvalue weighted by Gasteiger charge is 2.08. The molecule has 2 aromatic rings. The third-order valence-corrected chi connectivity index (χ3v) is 3.91. The average molecular weight is 288 g/mol. The monoisotopic (exact) mass is 288 g/mol. The Morgan fingerprint density at radius 1 is 1.45 bits per heavy atom. The quantitative estimate of drug-likeness (QED) is 0.809. The van der Waals surface area contributed by atoms with E-state index < -0.39 is 0 Å². The number of rotatable bonds is 6. The van der Waals surface area contributed by atoms with E-state index in [2.05, 4.69) is 26.9 Å². The maximum absolute atomic E-state index is 8.86. The van der Waals surface area contributed by atoms with Gasteiger partial charge in [-0.3, -0.25) is 0 Å². The van der Waals surface area contributed by atoms with Gasteiger partial charge in [0, 0.05) is 12.3 Å². The van der Waals surface area contributed by atoms with Crippen LogP contribution in [0.15, 0.2) is 23.4 Å². The zero-order valence-corrected chi connectivity index (χ0v) is 12.3. The molecule has 0 amide bonds. The summed E-state index contributed by atoms with van der Waals surface area (Å²) in [4.78, 5) is 0. The van der Waals surface area contributed by atoms with E-state index in [0.29, 0.717) is 5.56 Å². The second-order valence-electron chi connectivity index (χ2n) is 4.33. The molecular weight excluding hydrogens is 272 g/mol. The summed E-state index contributed by atoms with van der Waals surface area (Å²) in [5, 5.41) is 24.5. The first-order valence-electron chi connectivity index (χ1n) is 6.27. The number of nitrogens with one attached hydrogen (secondary N) is 1. The molecule has 0 radical (unpaired) electrons. The Morgan fingerprint density at radius 3 is 3.00 bits per heavy atom. The number of benzene rings is 1. The fourth-order valence-corrected chi connectivity index (χ4v) is 2.71. The maximum Gasteiger partial charge on any atom is 0.209 e. The fraction of sp³-hybridized carbons (Fsp3) is 0.385. The Bertz CT molecular complexity index is 616. The van der Waals surface area contributed by atoms with Gasteiger partial charge in [-0.05, 0) is 47.7 Å². The van der Waals surface area contributed by atoms with Gasteiger partial charge in [-0.15, -0.1) is 5.10 Å². The number of aromatic nitrogens is 4. The van der Waals surface area contributed by atoms with Gasteiger partial charge in [0.1, 0.15) is 0 Å². The molecule has 1 aromatic carbocycles. The minimum Gasteiger partial charge on any atom is -0.318 e. The third-order valence-electron chi connectivity index (χ3n) is 2.90. The molecule has 1 heterocycles. The second kappa shape index (κ2) is 7.03. The molecule has 0 saturated carbocycles. The Labute approximate surface area is 122 Å². The summed E-state index contributed by atoms with van der Waals surface area (Å²) in [6.45, 7) is 3.59. The van der Waals surface area contributed by atoms with Gasteiger partial charge in [0.15, 0.2) is 0 Å². The van der Waals surface area contributed by atoms with Crippen LogP contribution in [0.25, 0.3) is 0 Å². The van der Waals surface area contributed by atoms with E-state index in [9.17, 15) is 0 Å². The number of tetrazole rings is 1. The van der Waals surface area contributed by atoms with Gasteiger partial charge in [0.2, 0.25) is 5.16 Å². The number of hydrogen-bond acceptors (Lipinski definition) is 6. The SMILES string of the molecule is CNCCn1nnnc1SCc1ccc(C#N)cc1C. The van der Waals surface area contributed by atoms with Gasteiger partial charge >= 0.3 is 0 Å². The molecule has 0 fully saturated rings. The summed E-state index contributed by atoms with van der Waals surface area (Å²) in [7, 11) is 1.90. The number of nitriles is 1. The molecule has 6 nitrogen and oxygen atoms in total. The first-order chi connectivity index (χ1) is 9.74. The van der Waals surface area contributed by atoms with E-state index >= 15 is 0 Å². The normalized spacial score (nSPS) is 10.4. The standard InChI is InChI=1S/C13H16N6S/c1-10-7-11(8-14)3-4-12(10)9-20-13-16-17-18-19(13)6-5-15-2/h3-4,7,15H,5-6,9H2,1-2H3. The fourth-order valence-electron chi connectivity index (χ4n) is 1.73. The molecule has 1 aromatic heterocycles. The summed E-state index contributed by atoms with van der Waals surface area (Å²) in [6, 6.07) is 7.88. The summed E-state index contributed by atoms with van der Waals surface area (Å²) in [6.07, 6.45) is 0. The number of thioether (sulfide) groups is 1. The lowest BCUT2D eigenvalue weighted by molar-refractivity contribution is 0.530. The Hall–Kier alpha value is -1.91. The number of aryl methyl sites for hydroxylation is 1.